The molecule has 6 heteroatoms. The summed E-state index contributed by atoms with van der Waals surface area (Å²) in [5.41, 5.74) is 1.60. The zero-order chi connectivity index (χ0) is 17.1. The molecule has 0 atom stereocenters. The number of furan rings is 1. The van der Waals surface area contributed by atoms with Gasteiger partial charge in [-0.3, -0.25) is 4.79 Å². The first kappa shape index (κ1) is 15.4. The predicted octanol–water partition coefficient (Wildman–Crippen LogP) is 3.47. The first-order chi connectivity index (χ1) is 12.3. The van der Waals surface area contributed by atoms with Gasteiger partial charge < -0.3 is 14.6 Å². The second-order valence-corrected chi connectivity index (χ2v) is 5.96. The molecule has 0 saturated carbocycles. The number of nitrogens with one attached hydrogen (secondary N) is 1. The van der Waals surface area contributed by atoms with Gasteiger partial charge in [-0.25, -0.2) is 9.97 Å². The summed E-state index contributed by atoms with van der Waals surface area (Å²) in [5, 5.41) is 3.83. The van der Waals surface area contributed by atoms with Gasteiger partial charge in [0, 0.05) is 30.2 Å². The monoisotopic (exact) mass is 334 g/mol. The molecule has 6 nitrogen and oxygen atoms in total. The fraction of sp³-hybridized carbons (Fsp3) is 0.211. The minimum absolute atomic E-state index is 0.213. The van der Waals surface area contributed by atoms with E-state index in [1.54, 1.807) is 30.8 Å². The largest absolute Gasteiger partial charge is 0.465 e. The average Bonchev–Trinajstić information content (AvgIpc) is 3.33. The standard InChI is InChI=1S/C19H18N4O2/c24-18(8-6-15-4-3-11-25-15)22-14-5-7-17-16(12-14)19(21-13-20-17)23-9-1-2-10-23/h3-8,11-13H,1-2,9-10H2,(H,22,24). The Morgan fingerprint density at radius 2 is 2.08 bits per heavy atom. The van der Waals surface area contributed by atoms with Crippen molar-refractivity contribution in [1.82, 2.24) is 9.97 Å². The number of amides is 1. The molecule has 1 aliphatic heterocycles. The van der Waals surface area contributed by atoms with Gasteiger partial charge in [-0.15, -0.1) is 0 Å². The lowest BCUT2D eigenvalue weighted by atomic mass is 10.2. The summed E-state index contributed by atoms with van der Waals surface area (Å²) < 4.78 is 5.18. The quantitative estimate of drug-likeness (QED) is 0.740. The van der Waals surface area contributed by atoms with Crippen LogP contribution in [-0.4, -0.2) is 29.0 Å². The molecule has 1 aromatic carbocycles. The van der Waals surface area contributed by atoms with E-state index in [1.807, 2.05) is 18.2 Å². The lowest BCUT2D eigenvalue weighted by Crippen LogP contribution is -2.19. The van der Waals surface area contributed by atoms with Crippen molar-refractivity contribution in [2.45, 2.75) is 12.8 Å². The number of carbonyl (C=O) groups excluding carboxylic acids is 1. The van der Waals surface area contributed by atoms with E-state index in [0.29, 0.717) is 5.76 Å². The topological polar surface area (TPSA) is 71.3 Å². The number of anilines is 2. The number of fused-ring (bicyclic) bond motifs is 1. The normalized spacial score (nSPS) is 14.5. The summed E-state index contributed by atoms with van der Waals surface area (Å²) in [6.07, 6.45) is 8.61. The van der Waals surface area contributed by atoms with Gasteiger partial charge in [-0.1, -0.05) is 0 Å². The number of aromatic nitrogens is 2. The van der Waals surface area contributed by atoms with Crippen molar-refractivity contribution in [3.63, 3.8) is 0 Å². The smallest absolute Gasteiger partial charge is 0.248 e. The maximum absolute atomic E-state index is 12.1. The molecule has 0 radical (unpaired) electrons. The molecular weight excluding hydrogens is 316 g/mol. The van der Waals surface area contributed by atoms with E-state index in [-0.39, 0.29) is 5.91 Å². The molecule has 0 unspecified atom stereocenters. The third kappa shape index (κ3) is 3.38. The Hall–Kier alpha value is -3.15. The summed E-state index contributed by atoms with van der Waals surface area (Å²) in [7, 11) is 0. The van der Waals surface area contributed by atoms with Gasteiger partial charge in [0.15, 0.2) is 0 Å². The van der Waals surface area contributed by atoms with Crippen LogP contribution in [-0.2, 0) is 4.79 Å². The molecule has 1 fully saturated rings. The molecule has 126 valence electrons. The van der Waals surface area contributed by atoms with Crippen LogP contribution in [0.5, 0.6) is 0 Å². The van der Waals surface area contributed by atoms with Gasteiger partial charge in [0.2, 0.25) is 5.91 Å². The summed E-state index contributed by atoms with van der Waals surface area (Å²) >= 11 is 0. The van der Waals surface area contributed by atoms with Crippen molar-refractivity contribution < 1.29 is 9.21 Å². The van der Waals surface area contributed by atoms with E-state index < -0.39 is 0 Å². The SMILES string of the molecule is O=C(C=Cc1ccco1)Nc1ccc2ncnc(N3CCCC3)c2c1. The van der Waals surface area contributed by atoms with Crippen LogP contribution in [0, 0.1) is 0 Å². The molecule has 1 N–H and O–H groups in total. The molecule has 0 aliphatic carbocycles. The van der Waals surface area contributed by atoms with Crippen molar-refractivity contribution in [3.8, 4) is 0 Å². The van der Waals surface area contributed by atoms with Crippen molar-refractivity contribution in [2.24, 2.45) is 0 Å². The highest BCUT2D eigenvalue weighted by atomic mass is 16.3. The predicted molar refractivity (Wildman–Crippen MR) is 97.4 cm³/mol. The Morgan fingerprint density at radius 1 is 1.20 bits per heavy atom. The van der Waals surface area contributed by atoms with Crippen LogP contribution in [0.4, 0.5) is 11.5 Å². The summed E-state index contributed by atoms with van der Waals surface area (Å²) in [5.74, 6) is 1.36. The van der Waals surface area contributed by atoms with Crippen molar-refractivity contribution >= 4 is 34.4 Å². The van der Waals surface area contributed by atoms with E-state index in [1.165, 1.54) is 18.9 Å². The number of hydrogen-bond donors (Lipinski definition) is 1. The highest BCUT2D eigenvalue weighted by Crippen LogP contribution is 2.28. The highest BCUT2D eigenvalue weighted by Gasteiger charge is 2.16. The minimum atomic E-state index is -0.213. The highest BCUT2D eigenvalue weighted by molar-refractivity contribution is 6.03. The zero-order valence-corrected chi connectivity index (χ0v) is 13.7. The van der Waals surface area contributed by atoms with Gasteiger partial charge in [0.05, 0.1) is 11.8 Å². The van der Waals surface area contributed by atoms with E-state index in [0.717, 1.165) is 35.5 Å². The first-order valence-electron chi connectivity index (χ1n) is 8.32. The Bertz CT molecular complexity index is 912. The van der Waals surface area contributed by atoms with Crippen LogP contribution in [0.1, 0.15) is 18.6 Å². The molecule has 1 amide bonds. The molecule has 25 heavy (non-hydrogen) atoms. The lowest BCUT2D eigenvalue weighted by molar-refractivity contribution is -0.111. The van der Waals surface area contributed by atoms with Gasteiger partial charge in [-0.2, -0.15) is 0 Å². The number of benzene rings is 1. The second-order valence-electron chi connectivity index (χ2n) is 5.96. The maximum Gasteiger partial charge on any atom is 0.248 e. The number of nitrogens with zero attached hydrogens (tertiary/aromatic N) is 3. The Morgan fingerprint density at radius 3 is 2.88 bits per heavy atom. The number of rotatable bonds is 4. The Balaban J connectivity index is 1.57. The molecule has 3 aromatic rings. The van der Waals surface area contributed by atoms with Crippen molar-refractivity contribution in [1.29, 1.82) is 0 Å². The van der Waals surface area contributed by atoms with Crippen LogP contribution in [0.3, 0.4) is 0 Å². The van der Waals surface area contributed by atoms with E-state index in [2.05, 4.69) is 20.2 Å². The van der Waals surface area contributed by atoms with Gasteiger partial charge in [-0.05, 0) is 49.2 Å². The molecule has 1 aliphatic rings. The summed E-state index contributed by atoms with van der Waals surface area (Å²) in [6.45, 7) is 2.02. The molecule has 3 heterocycles. The average molecular weight is 334 g/mol. The number of carbonyl (C=O) groups is 1. The Labute approximate surface area is 145 Å². The van der Waals surface area contributed by atoms with Crippen LogP contribution in [0.15, 0.2) is 53.4 Å². The molecule has 0 spiro atoms. The van der Waals surface area contributed by atoms with Crippen molar-refractivity contribution in [2.75, 3.05) is 23.3 Å². The minimum Gasteiger partial charge on any atom is -0.465 e. The Kier molecular flexibility index (Phi) is 4.16. The van der Waals surface area contributed by atoms with Crippen LogP contribution >= 0.6 is 0 Å². The van der Waals surface area contributed by atoms with Gasteiger partial charge in [0.25, 0.3) is 0 Å². The molecular formula is C19H18N4O2. The zero-order valence-electron chi connectivity index (χ0n) is 13.7. The van der Waals surface area contributed by atoms with Gasteiger partial charge >= 0.3 is 0 Å². The molecule has 1 saturated heterocycles. The molecule has 2 aromatic heterocycles. The lowest BCUT2D eigenvalue weighted by Gasteiger charge is -2.18. The molecule has 0 bridgehead atoms. The summed E-state index contributed by atoms with van der Waals surface area (Å²) in [6, 6.07) is 9.26. The maximum atomic E-state index is 12.1. The van der Waals surface area contributed by atoms with E-state index in [9.17, 15) is 4.79 Å². The van der Waals surface area contributed by atoms with E-state index >= 15 is 0 Å². The van der Waals surface area contributed by atoms with Crippen LogP contribution < -0.4 is 10.2 Å². The third-order valence-corrected chi connectivity index (χ3v) is 4.23. The number of hydrogen-bond acceptors (Lipinski definition) is 5. The summed E-state index contributed by atoms with van der Waals surface area (Å²) in [4.78, 5) is 23.2. The van der Waals surface area contributed by atoms with Crippen LogP contribution in [0.2, 0.25) is 0 Å². The molecule has 4 rings (SSSR count). The van der Waals surface area contributed by atoms with E-state index in [4.69, 9.17) is 4.42 Å². The fourth-order valence-electron chi connectivity index (χ4n) is 3.03. The third-order valence-electron chi connectivity index (χ3n) is 4.23. The van der Waals surface area contributed by atoms with Crippen molar-refractivity contribution in [3.05, 3.63) is 54.8 Å². The first-order valence-corrected chi connectivity index (χ1v) is 8.32. The van der Waals surface area contributed by atoms with Crippen LogP contribution in [0.25, 0.3) is 17.0 Å². The fourth-order valence-corrected chi connectivity index (χ4v) is 3.03. The van der Waals surface area contributed by atoms with Gasteiger partial charge in [0.1, 0.15) is 17.9 Å². The second kappa shape index (κ2) is 6.76.